The molecule has 1 heterocycles. The van der Waals surface area contributed by atoms with Crippen LogP contribution in [0.25, 0.3) is 0 Å². The Kier molecular flexibility index (Phi) is 2.33. The van der Waals surface area contributed by atoms with Crippen molar-refractivity contribution in [3.8, 4) is 0 Å². The fourth-order valence-corrected chi connectivity index (χ4v) is 1.76. The summed E-state index contributed by atoms with van der Waals surface area (Å²) in [7, 11) is 1.89. The zero-order chi connectivity index (χ0) is 10.1. The van der Waals surface area contributed by atoms with Crippen LogP contribution in [0.5, 0.6) is 0 Å². The average Bonchev–Trinajstić information content (AvgIpc) is 2.43. The van der Waals surface area contributed by atoms with Crippen LogP contribution < -0.4 is 5.84 Å². The molecule has 1 saturated heterocycles. The highest BCUT2D eigenvalue weighted by molar-refractivity contribution is 5.91. The molecular weight excluding hydrogens is 176 g/mol. The lowest BCUT2D eigenvalue weighted by atomic mass is 10.0. The molecule has 1 aliphatic rings. The summed E-state index contributed by atoms with van der Waals surface area (Å²) in [6, 6.07) is 9.80. The summed E-state index contributed by atoms with van der Waals surface area (Å²) in [6.45, 7) is 0.607. The summed E-state index contributed by atoms with van der Waals surface area (Å²) >= 11 is 0. The molecule has 0 spiro atoms. The molecule has 1 unspecified atom stereocenters. The van der Waals surface area contributed by atoms with E-state index in [9.17, 15) is 0 Å². The van der Waals surface area contributed by atoms with Gasteiger partial charge in [-0.15, -0.1) is 0 Å². The number of hydrazine groups is 2. The molecule has 0 saturated carbocycles. The summed E-state index contributed by atoms with van der Waals surface area (Å²) in [6.07, 6.45) is 0. The first kappa shape index (κ1) is 9.33. The molecule has 1 aromatic carbocycles. The van der Waals surface area contributed by atoms with Crippen LogP contribution in [0.3, 0.4) is 0 Å². The first-order chi connectivity index (χ1) is 6.70. The van der Waals surface area contributed by atoms with Crippen LogP contribution in [0.2, 0.25) is 0 Å². The van der Waals surface area contributed by atoms with E-state index in [1.807, 2.05) is 42.4 Å². The van der Waals surface area contributed by atoms with Gasteiger partial charge in [-0.25, -0.2) is 5.01 Å². The fourth-order valence-electron chi connectivity index (χ4n) is 1.76. The van der Waals surface area contributed by atoms with Crippen molar-refractivity contribution < 1.29 is 0 Å². The minimum absolute atomic E-state index is 0.0961. The Morgan fingerprint density at radius 3 is 2.50 bits per heavy atom. The van der Waals surface area contributed by atoms with E-state index in [0.29, 0.717) is 12.3 Å². The molecule has 1 aliphatic heterocycles. The van der Waals surface area contributed by atoms with Crippen molar-refractivity contribution in [1.82, 2.24) is 10.1 Å². The van der Waals surface area contributed by atoms with Crippen LogP contribution in [-0.2, 0) is 0 Å². The van der Waals surface area contributed by atoms with Crippen LogP contribution in [0, 0.1) is 5.41 Å². The monoisotopic (exact) mass is 190 g/mol. The molecule has 4 heteroatoms. The second-order valence-corrected chi connectivity index (χ2v) is 3.53. The topological polar surface area (TPSA) is 56.4 Å². The van der Waals surface area contributed by atoms with E-state index < -0.39 is 0 Å². The van der Waals surface area contributed by atoms with E-state index in [0.717, 1.165) is 5.56 Å². The Balaban J connectivity index is 2.31. The zero-order valence-corrected chi connectivity index (χ0v) is 8.14. The lowest BCUT2D eigenvalue weighted by Gasteiger charge is -2.23. The highest BCUT2D eigenvalue weighted by atomic mass is 15.8. The Morgan fingerprint density at radius 2 is 2.00 bits per heavy atom. The Morgan fingerprint density at radius 1 is 1.36 bits per heavy atom. The van der Waals surface area contributed by atoms with Gasteiger partial charge in [0.15, 0.2) is 0 Å². The predicted molar refractivity (Wildman–Crippen MR) is 55.6 cm³/mol. The van der Waals surface area contributed by atoms with Crippen molar-refractivity contribution >= 4 is 5.71 Å². The Hall–Kier alpha value is -1.23. The van der Waals surface area contributed by atoms with E-state index in [1.165, 1.54) is 0 Å². The van der Waals surface area contributed by atoms with Gasteiger partial charge in [-0.05, 0) is 5.56 Å². The molecule has 0 amide bonds. The van der Waals surface area contributed by atoms with Gasteiger partial charge in [0.25, 0.3) is 0 Å². The summed E-state index contributed by atoms with van der Waals surface area (Å²) < 4.78 is 0. The molecule has 3 N–H and O–H groups in total. The van der Waals surface area contributed by atoms with Crippen molar-refractivity contribution in [3.63, 3.8) is 0 Å². The maximum atomic E-state index is 7.84. The largest absolute Gasteiger partial charge is 0.306 e. The van der Waals surface area contributed by atoms with Crippen LogP contribution in [0.4, 0.5) is 0 Å². The van der Waals surface area contributed by atoms with Crippen molar-refractivity contribution in [3.05, 3.63) is 35.9 Å². The molecule has 14 heavy (non-hydrogen) atoms. The number of rotatable bonds is 1. The summed E-state index contributed by atoms with van der Waals surface area (Å²) in [5, 5.41) is 11.3. The highest BCUT2D eigenvalue weighted by Gasteiger charge is 2.32. The van der Waals surface area contributed by atoms with Gasteiger partial charge in [0.05, 0.1) is 6.54 Å². The van der Waals surface area contributed by atoms with E-state index in [-0.39, 0.29) is 6.04 Å². The maximum Gasteiger partial charge on any atom is 0.104 e. The molecule has 2 rings (SSSR count). The second-order valence-electron chi connectivity index (χ2n) is 3.53. The SMILES string of the molecule is CN1CC(=N)C(c2ccccc2)N1N. The summed E-state index contributed by atoms with van der Waals surface area (Å²) in [5.74, 6) is 5.86. The molecule has 1 aromatic rings. The zero-order valence-electron chi connectivity index (χ0n) is 8.14. The number of hydrogen-bond donors (Lipinski definition) is 2. The van der Waals surface area contributed by atoms with Gasteiger partial charge in [-0.1, -0.05) is 30.3 Å². The minimum atomic E-state index is -0.0961. The van der Waals surface area contributed by atoms with E-state index >= 15 is 0 Å². The Bertz CT molecular complexity index is 335. The quantitative estimate of drug-likeness (QED) is 0.643. The van der Waals surface area contributed by atoms with Gasteiger partial charge >= 0.3 is 0 Å². The lowest BCUT2D eigenvalue weighted by molar-refractivity contribution is 0.0220. The molecule has 0 radical (unpaired) electrons. The van der Waals surface area contributed by atoms with Crippen molar-refractivity contribution in [2.75, 3.05) is 13.6 Å². The summed E-state index contributed by atoms with van der Waals surface area (Å²) in [4.78, 5) is 0. The number of nitrogens with two attached hydrogens (primary N) is 1. The first-order valence-electron chi connectivity index (χ1n) is 4.57. The smallest absolute Gasteiger partial charge is 0.104 e. The molecule has 74 valence electrons. The summed E-state index contributed by atoms with van der Waals surface area (Å²) in [5.41, 5.74) is 1.71. The highest BCUT2D eigenvalue weighted by Crippen LogP contribution is 2.25. The third kappa shape index (κ3) is 1.43. The van der Waals surface area contributed by atoms with Gasteiger partial charge < -0.3 is 5.41 Å². The van der Waals surface area contributed by atoms with Crippen LogP contribution in [-0.4, -0.2) is 29.4 Å². The van der Waals surface area contributed by atoms with Crippen LogP contribution in [0.15, 0.2) is 30.3 Å². The lowest BCUT2D eigenvalue weighted by Crippen LogP contribution is -2.40. The molecule has 0 aliphatic carbocycles. The van der Waals surface area contributed by atoms with Crippen LogP contribution >= 0.6 is 0 Å². The normalized spacial score (nSPS) is 24.4. The molecule has 0 bridgehead atoms. The van der Waals surface area contributed by atoms with Crippen molar-refractivity contribution in [1.29, 1.82) is 5.41 Å². The Labute approximate surface area is 83.4 Å². The van der Waals surface area contributed by atoms with Gasteiger partial charge in [0.2, 0.25) is 0 Å². The average molecular weight is 190 g/mol. The molecule has 1 fully saturated rings. The maximum absolute atomic E-state index is 7.84. The van der Waals surface area contributed by atoms with Crippen molar-refractivity contribution in [2.24, 2.45) is 5.84 Å². The van der Waals surface area contributed by atoms with Gasteiger partial charge in [0.1, 0.15) is 6.04 Å². The predicted octanol–water partition coefficient (Wildman–Crippen LogP) is 0.784. The van der Waals surface area contributed by atoms with Gasteiger partial charge in [-0.2, -0.15) is 5.12 Å². The first-order valence-corrected chi connectivity index (χ1v) is 4.57. The van der Waals surface area contributed by atoms with Gasteiger partial charge in [0, 0.05) is 12.8 Å². The van der Waals surface area contributed by atoms with E-state index in [4.69, 9.17) is 11.3 Å². The molecule has 0 aromatic heterocycles. The van der Waals surface area contributed by atoms with E-state index in [1.54, 1.807) is 5.12 Å². The fraction of sp³-hybridized carbons (Fsp3) is 0.300. The van der Waals surface area contributed by atoms with Crippen molar-refractivity contribution in [2.45, 2.75) is 6.04 Å². The van der Waals surface area contributed by atoms with E-state index in [2.05, 4.69) is 0 Å². The third-order valence-electron chi connectivity index (χ3n) is 2.50. The standard InChI is InChI=1S/C10H14N4/c1-13-7-9(11)10(14(13)12)8-5-3-2-4-6-8/h2-6,10-11H,7,12H2,1H3. The molecule has 4 nitrogen and oxygen atoms in total. The number of hydrogen-bond acceptors (Lipinski definition) is 4. The number of nitrogens with one attached hydrogen (secondary N) is 1. The molecular formula is C10H14N4. The second kappa shape index (κ2) is 3.49. The van der Waals surface area contributed by atoms with Gasteiger partial charge in [-0.3, -0.25) is 5.84 Å². The number of benzene rings is 1. The minimum Gasteiger partial charge on any atom is -0.306 e. The third-order valence-corrected chi connectivity index (χ3v) is 2.50. The number of nitrogens with zero attached hydrogens (tertiary/aromatic N) is 2. The molecule has 1 atom stereocenters. The van der Waals surface area contributed by atoms with Crippen LogP contribution in [0.1, 0.15) is 11.6 Å².